The number of aromatic nitrogens is 2. The first-order valence-corrected chi connectivity index (χ1v) is 8.99. The van der Waals surface area contributed by atoms with Gasteiger partial charge in [-0.3, -0.25) is 4.79 Å². The van der Waals surface area contributed by atoms with Gasteiger partial charge in [-0.15, -0.1) is 0 Å². The summed E-state index contributed by atoms with van der Waals surface area (Å²) in [5, 5.41) is 4.06. The lowest BCUT2D eigenvalue weighted by molar-refractivity contribution is 0.570. The zero-order valence-electron chi connectivity index (χ0n) is 14.3. The molecule has 1 fully saturated rings. The minimum atomic E-state index is -0.878. The summed E-state index contributed by atoms with van der Waals surface area (Å²) in [6.07, 6.45) is 3.37. The van der Waals surface area contributed by atoms with Crippen molar-refractivity contribution in [3.05, 3.63) is 87.3 Å². The molecule has 4 rings (SSSR count). The van der Waals surface area contributed by atoms with Crippen molar-refractivity contribution in [3.63, 3.8) is 0 Å². The highest BCUT2D eigenvalue weighted by molar-refractivity contribution is 6.33. The molecule has 1 atom stereocenters. The molecule has 138 valence electrons. The number of anilines is 1. The lowest BCUT2D eigenvalue weighted by Gasteiger charge is -2.27. The third kappa shape index (κ3) is 3.21. The molecule has 1 saturated heterocycles. The Hall–Kier alpha value is -2.73. The van der Waals surface area contributed by atoms with Crippen molar-refractivity contribution < 1.29 is 8.78 Å². The molecule has 0 amide bonds. The maximum atomic E-state index is 14.0. The fraction of sp³-hybridized carbons (Fsp3) is 0.200. The summed E-state index contributed by atoms with van der Waals surface area (Å²) in [5.41, 5.74) is 0.876. The SMILES string of the molecule is O=c1c(Cl)c(N2CCCC2c2ccccc2)cnn1-c1ccc(F)cc1F. The molecule has 2 heterocycles. The molecule has 3 aromatic rings. The van der Waals surface area contributed by atoms with Gasteiger partial charge in [0.05, 0.1) is 17.9 Å². The van der Waals surface area contributed by atoms with Gasteiger partial charge in [0.15, 0.2) is 5.82 Å². The quantitative estimate of drug-likeness (QED) is 0.664. The van der Waals surface area contributed by atoms with Crippen LogP contribution in [-0.2, 0) is 0 Å². The first-order chi connectivity index (χ1) is 13.1. The van der Waals surface area contributed by atoms with Crippen molar-refractivity contribution in [3.8, 4) is 5.69 Å². The van der Waals surface area contributed by atoms with Crippen LogP contribution < -0.4 is 10.5 Å². The van der Waals surface area contributed by atoms with E-state index in [1.807, 2.05) is 30.3 Å². The van der Waals surface area contributed by atoms with Crippen molar-refractivity contribution in [2.24, 2.45) is 0 Å². The van der Waals surface area contributed by atoms with Crippen LogP contribution in [0.2, 0.25) is 5.02 Å². The van der Waals surface area contributed by atoms with Crippen LogP contribution in [0.4, 0.5) is 14.5 Å². The third-order valence-electron chi connectivity index (χ3n) is 4.78. The summed E-state index contributed by atoms with van der Waals surface area (Å²) < 4.78 is 28.0. The lowest BCUT2D eigenvalue weighted by atomic mass is 10.0. The first-order valence-electron chi connectivity index (χ1n) is 8.61. The molecule has 4 nitrogen and oxygen atoms in total. The second-order valence-corrected chi connectivity index (χ2v) is 6.80. The lowest BCUT2D eigenvalue weighted by Crippen LogP contribution is -2.29. The van der Waals surface area contributed by atoms with Crippen LogP contribution in [0.1, 0.15) is 24.4 Å². The maximum Gasteiger partial charge on any atom is 0.292 e. The molecular formula is C20H16ClF2N3O. The minimum absolute atomic E-state index is 0.0310. The van der Waals surface area contributed by atoms with Crippen molar-refractivity contribution in [1.82, 2.24) is 9.78 Å². The highest BCUT2D eigenvalue weighted by Gasteiger charge is 2.29. The predicted octanol–water partition coefficient (Wildman–Crippen LogP) is 4.51. The molecule has 0 radical (unpaired) electrons. The fourth-order valence-corrected chi connectivity index (χ4v) is 3.76. The van der Waals surface area contributed by atoms with E-state index in [0.29, 0.717) is 11.8 Å². The zero-order valence-corrected chi connectivity index (χ0v) is 15.0. The van der Waals surface area contributed by atoms with Gasteiger partial charge in [0.25, 0.3) is 5.56 Å². The Labute approximate surface area is 159 Å². The van der Waals surface area contributed by atoms with Crippen molar-refractivity contribution in [1.29, 1.82) is 0 Å². The monoisotopic (exact) mass is 387 g/mol. The molecule has 0 N–H and O–H groups in total. The topological polar surface area (TPSA) is 38.1 Å². The second-order valence-electron chi connectivity index (χ2n) is 6.42. The van der Waals surface area contributed by atoms with Crippen molar-refractivity contribution >= 4 is 17.3 Å². The Morgan fingerprint density at radius 3 is 2.59 bits per heavy atom. The number of rotatable bonds is 3. The Morgan fingerprint density at radius 1 is 1.07 bits per heavy atom. The van der Waals surface area contributed by atoms with Gasteiger partial charge >= 0.3 is 0 Å². The van der Waals surface area contributed by atoms with Crippen LogP contribution >= 0.6 is 11.6 Å². The summed E-state index contributed by atoms with van der Waals surface area (Å²) in [5.74, 6) is -1.61. The summed E-state index contributed by atoms with van der Waals surface area (Å²) in [6.45, 7) is 0.745. The molecule has 0 saturated carbocycles. The number of benzene rings is 2. The minimum Gasteiger partial charge on any atom is -0.362 e. The van der Waals surface area contributed by atoms with Crippen LogP contribution in [0.3, 0.4) is 0 Å². The van der Waals surface area contributed by atoms with Crippen LogP contribution in [0.5, 0.6) is 0 Å². The van der Waals surface area contributed by atoms with E-state index >= 15 is 0 Å². The highest BCUT2D eigenvalue weighted by atomic mass is 35.5. The fourth-order valence-electron chi connectivity index (χ4n) is 3.53. The average Bonchev–Trinajstić information content (AvgIpc) is 3.15. The van der Waals surface area contributed by atoms with Gasteiger partial charge in [-0.2, -0.15) is 9.78 Å². The molecule has 0 bridgehead atoms. The van der Waals surface area contributed by atoms with E-state index < -0.39 is 17.2 Å². The van der Waals surface area contributed by atoms with Gasteiger partial charge in [0.1, 0.15) is 16.5 Å². The highest BCUT2D eigenvalue weighted by Crippen LogP contribution is 2.37. The molecule has 0 aliphatic carbocycles. The number of hydrogen-bond acceptors (Lipinski definition) is 3. The van der Waals surface area contributed by atoms with Gasteiger partial charge in [-0.05, 0) is 30.5 Å². The Balaban J connectivity index is 1.75. The van der Waals surface area contributed by atoms with Gasteiger partial charge in [0, 0.05) is 12.6 Å². The van der Waals surface area contributed by atoms with E-state index in [-0.39, 0.29) is 16.8 Å². The van der Waals surface area contributed by atoms with Crippen LogP contribution in [0.25, 0.3) is 5.69 Å². The molecule has 0 spiro atoms. The standard InChI is InChI=1S/C20H16ClF2N3O/c21-19-18(25-10-4-7-16(25)13-5-2-1-3-6-13)12-24-26(20(19)27)17-9-8-14(22)11-15(17)23/h1-3,5-6,8-9,11-12,16H,4,7,10H2. The van der Waals surface area contributed by atoms with Crippen molar-refractivity contribution in [2.75, 3.05) is 11.4 Å². The normalized spacial score (nSPS) is 16.7. The maximum absolute atomic E-state index is 14.0. The second kappa shape index (κ2) is 7.12. The molecule has 1 unspecified atom stereocenters. The summed E-state index contributed by atoms with van der Waals surface area (Å²) in [7, 11) is 0. The van der Waals surface area contributed by atoms with Gasteiger partial charge in [-0.25, -0.2) is 8.78 Å². The van der Waals surface area contributed by atoms with Crippen LogP contribution in [-0.4, -0.2) is 16.3 Å². The Kier molecular flexibility index (Phi) is 4.66. The van der Waals surface area contributed by atoms with E-state index in [2.05, 4.69) is 10.00 Å². The number of hydrogen-bond donors (Lipinski definition) is 0. The molecule has 1 aliphatic rings. The van der Waals surface area contributed by atoms with Gasteiger partial charge in [-0.1, -0.05) is 41.9 Å². The summed E-state index contributed by atoms with van der Waals surface area (Å²) in [6, 6.07) is 13.0. The predicted molar refractivity (Wildman–Crippen MR) is 101 cm³/mol. The number of nitrogens with zero attached hydrogens (tertiary/aromatic N) is 3. The van der Waals surface area contributed by atoms with Crippen molar-refractivity contribution in [2.45, 2.75) is 18.9 Å². The Bertz CT molecular complexity index is 1040. The largest absolute Gasteiger partial charge is 0.362 e. The van der Waals surface area contributed by atoms with Crippen LogP contribution in [0.15, 0.2) is 59.5 Å². The van der Waals surface area contributed by atoms with E-state index in [4.69, 9.17) is 11.6 Å². The molecule has 1 aromatic heterocycles. The molecule has 7 heteroatoms. The molecule has 2 aromatic carbocycles. The van der Waals surface area contributed by atoms with E-state index in [9.17, 15) is 13.6 Å². The summed E-state index contributed by atoms with van der Waals surface area (Å²) >= 11 is 6.35. The molecular weight excluding hydrogens is 372 g/mol. The smallest absolute Gasteiger partial charge is 0.292 e. The third-order valence-corrected chi connectivity index (χ3v) is 5.14. The van der Waals surface area contributed by atoms with E-state index in [1.54, 1.807) is 0 Å². The van der Waals surface area contributed by atoms with Gasteiger partial charge < -0.3 is 4.90 Å². The first kappa shape index (κ1) is 17.7. The number of halogens is 3. The average molecular weight is 388 g/mol. The summed E-state index contributed by atoms with van der Waals surface area (Å²) in [4.78, 5) is 14.8. The molecule has 27 heavy (non-hydrogen) atoms. The zero-order chi connectivity index (χ0) is 19.0. The Morgan fingerprint density at radius 2 is 1.85 bits per heavy atom. The van der Waals surface area contributed by atoms with Gasteiger partial charge in [0.2, 0.25) is 0 Å². The van der Waals surface area contributed by atoms with E-state index in [1.165, 1.54) is 6.20 Å². The van der Waals surface area contributed by atoms with E-state index in [0.717, 1.165) is 41.8 Å². The molecule has 1 aliphatic heterocycles. The van der Waals surface area contributed by atoms with Crippen LogP contribution in [0, 0.1) is 11.6 Å².